The van der Waals surface area contributed by atoms with Crippen molar-refractivity contribution in [1.29, 1.82) is 0 Å². The fourth-order valence-electron chi connectivity index (χ4n) is 3.35. The van der Waals surface area contributed by atoms with E-state index in [4.69, 9.17) is 14.2 Å². The van der Waals surface area contributed by atoms with Crippen molar-refractivity contribution >= 4 is 17.7 Å². The van der Waals surface area contributed by atoms with Gasteiger partial charge in [0.15, 0.2) is 0 Å². The zero-order valence-corrected chi connectivity index (χ0v) is 17.7. The number of nitrogens with one attached hydrogen (secondary N) is 2. The first-order valence-corrected chi connectivity index (χ1v) is 9.66. The molecule has 2 rings (SSSR count). The Morgan fingerprint density at radius 1 is 1.04 bits per heavy atom. The quantitative estimate of drug-likeness (QED) is 0.736. The number of rotatable bonds is 5. The minimum absolute atomic E-state index is 0.116. The number of anilines is 1. The van der Waals surface area contributed by atoms with Crippen molar-refractivity contribution in [1.82, 2.24) is 5.32 Å². The Bertz CT molecular complexity index is 703. The summed E-state index contributed by atoms with van der Waals surface area (Å²) in [5, 5.41) is 6.47. The predicted octanol–water partition coefficient (Wildman–Crippen LogP) is 4.04. The van der Waals surface area contributed by atoms with Crippen LogP contribution in [0.15, 0.2) is 12.1 Å². The highest BCUT2D eigenvalue weighted by Gasteiger charge is 2.25. The van der Waals surface area contributed by atoms with Crippen molar-refractivity contribution in [2.24, 2.45) is 0 Å². The summed E-state index contributed by atoms with van der Waals surface area (Å²) >= 11 is 0. The fraction of sp³-hybridized carbons (Fsp3) is 0.619. The molecule has 7 nitrogen and oxygen atoms in total. The smallest absolute Gasteiger partial charge is 0.407 e. The van der Waals surface area contributed by atoms with Crippen LogP contribution in [0.2, 0.25) is 0 Å². The second-order valence-electron chi connectivity index (χ2n) is 8.18. The van der Waals surface area contributed by atoms with E-state index in [0.29, 0.717) is 11.3 Å². The summed E-state index contributed by atoms with van der Waals surface area (Å²) in [6.45, 7) is 7.45. The summed E-state index contributed by atoms with van der Waals surface area (Å²) in [6, 6.07) is 3.96. The molecule has 0 aromatic heterocycles. The van der Waals surface area contributed by atoms with E-state index in [-0.39, 0.29) is 24.1 Å². The van der Waals surface area contributed by atoms with E-state index < -0.39 is 5.60 Å². The number of carbonyl (C=O) groups excluding carboxylic acids is 2. The number of hydrogen-bond donors (Lipinski definition) is 2. The van der Waals surface area contributed by atoms with Gasteiger partial charge >= 0.3 is 12.1 Å². The Morgan fingerprint density at radius 2 is 1.64 bits per heavy atom. The second kappa shape index (κ2) is 9.17. The highest BCUT2D eigenvalue weighted by Crippen LogP contribution is 2.30. The van der Waals surface area contributed by atoms with E-state index >= 15 is 0 Å². The summed E-state index contributed by atoms with van der Waals surface area (Å²) < 4.78 is 15.5. The number of esters is 1. The molecule has 0 atom stereocenters. The molecular weight excluding hydrogens is 360 g/mol. The molecule has 1 saturated carbocycles. The SMILES string of the molecule is COC(=O)c1cc(OC)cc(N[C@H]2CC[C@H](NC(=O)OC(C)(C)C)CC2)c1C. The van der Waals surface area contributed by atoms with E-state index in [9.17, 15) is 9.59 Å². The third-order valence-electron chi connectivity index (χ3n) is 4.83. The highest BCUT2D eigenvalue weighted by molar-refractivity contribution is 5.93. The van der Waals surface area contributed by atoms with Gasteiger partial charge in [0.1, 0.15) is 11.4 Å². The van der Waals surface area contributed by atoms with Crippen LogP contribution in [0.4, 0.5) is 10.5 Å². The van der Waals surface area contributed by atoms with Gasteiger partial charge in [-0.1, -0.05) is 0 Å². The first-order chi connectivity index (χ1) is 13.1. The van der Waals surface area contributed by atoms with Crippen LogP contribution in [0, 0.1) is 6.92 Å². The Hall–Kier alpha value is -2.44. The molecule has 0 spiro atoms. The standard InChI is InChI=1S/C21H32N2O5/c1-13-17(19(24)27-6)11-16(26-5)12-18(13)22-14-7-9-15(10-8-14)23-20(25)28-21(2,3)4/h11-12,14-15,22H,7-10H2,1-6H3,(H,23,25)/t14-,15-. The molecule has 0 saturated heterocycles. The van der Waals surface area contributed by atoms with Crippen molar-refractivity contribution in [3.8, 4) is 5.75 Å². The molecule has 0 unspecified atom stereocenters. The molecule has 0 radical (unpaired) electrons. The van der Waals surface area contributed by atoms with E-state index in [1.54, 1.807) is 13.2 Å². The number of alkyl carbamates (subject to hydrolysis) is 1. The molecule has 7 heteroatoms. The third kappa shape index (κ3) is 6.04. The molecule has 1 aromatic carbocycles. The first-order valence-electron chi connectivity index (χ1n) is 9.66. The van der Waals surface area contributed by atoms with Gasteiger partial charge in [-0.05, 0) is 65.0 Å². The number of carbonyl (C=O) groups is 2. The lowest BCUT2D eigenvalue weighted by molar-refractivity contribution is 0.0491. The molecule has 1 fully saturated rings. The lowest BCUT2D eigenvalue weighted by Gasteiger charge is -2.31. The molecule has 1 aliphatic carbocycles. The van der Waals surface area contributed by atoms with E-state index in [1.165, 1.54) is 7.11 Å². The number of methoxy groups -OCH3 is 2. The highest BCUT2D eigenvalue weighted by atomic mass is 16.6. The van der Waals surface area contributed by atoms with Gasteiger partial charge in [-0.3, -0.25) is 0 Å². The molecule has 0 bridgehead atoms. The van der Waals surface area contributed by atoms with E-state index in [2.05, 4.69) is 10.6 Å². The van der Waals surface area contributed by atoms with Crippen LogP contribution in [0.1, 0.15) is 62.4 Å². The van der Waals surface area contributed by atoms with Crippen LogP contribution in [-0.4, -0.2) is 44.0 Å². The molecule has 1 amide bonds. The minimum atomic E-state index is -0.496. The average Bonchev–Trinajstić information content (AvgIpc) is 2.62. The predicted molar refractivity (Wildman–Crippen MR) is 108 cm³/mol. The Morgan fingerprint density at radius 3 is 2.18 bits per heavy atom. The Balaban J connectivity index is 1.97. The van der Waals surface area contributed by atoms with Crippen LogP contribution >= 0.6 is 0 Å². The largest absolute Gasteiger partial charge is 0.497 e. The third-order valence-corrected chi connectivity index (χ3v) is 4.83. The zero-order chi connectivity index (χ0) is 20.9. The summed E-state index contributed by atoms with van der Waals surface area (Å²) in [7, 11) is 2.94. The Kier molecular flexibility index (Phi) is 7.16. The van der Waals surface area contributed by atoms with Crippen molar-refractivity contribution in [3.05, 3.63) is 23.3 Å². The first kappa shape index (κ1) is 21.9. The van der Waals surface area contributed by atoms with Crippen molar-refractivity contribution in [3.63, 3.8) is 0 Å². The van der Waals surface area contributed by atoms with Gasteiger partial charge in [0.2, 0.25) is 0 Å². The Labute approximate surface area is 167 Å². The van der Waals surface area contributed by atoms with E-state index in [0.717, 1.165) is 36.9 Å². The normalized spacial score (nSPS) is 19.5. The molecule has 2 N–H and O–H groups in total. The van der Waals surface area contributed by atoms with Gasteiger partial charge in [-0.25, -0.2) is 9.59 Å². The van der Waals surface area contributed by atoms with Crippen LogP contribution in [0.5, 0.6) is 5.75 Å². The van der Waals surface area contributed by atoms with Crippen LogP contribution in [-0.2, 0) is 9.47 Å². The number of ether oxygens (including phenoxy) is 3. The minimum Gasteiger partial charge on any atom is -0.497 e. The van der Waals surface area contributed by atoms with Crippen LogP contribution < -0.4 is 15.4 Å². The maximum atomic E-state index is 12.0. The molecule has 1 aromatic rings. The maximum Gasteiger partial charge on any atom is 0.407 e. The summed E-state index contributed by atoms with van der Waals surface area (Å²) in [5.74, 6) is 0.221. The molecule has 156 valence electrons. The lowest BCUT2D eigenvalue weighted by atomic mass is 9.90. The number of amides is 1. The van der Waals surface area contributed by atoms with Gasteiger partial charge in [0.25, 0.3) is 0 Å². The maximum absolute atomic E-state index is 12.0. The summed E-state index contributed by atoms with van der Waals surface area (Å²) in [4.78, 5) is 24.0. The van der Waals surface area contributed by atoms with Crippen molar-refractivity contribution in [2.75, 3.05) is 19.5 Å². The topological polar surface area (TPSA) is 85.9 Å². The van der Waals surface area contributed by atoms with Gasteiger partial charge in [0, 0.05) is 23.8 Å². The van der Waals surface area contributed by atoms with Gasteiger partial charge in [-0.2, -0.15) is 0 Å². The molecule has 28 heavy (non-hydrogen) atoms. The molecule has 1 aliphatic rings. The summed E-state index contributed by atoms with van der Waals surface area (Å²) in [6.07, 6.45) is 3.18. The average molecular weight is 392 g/mol. The van der Waals surface area contributed by atoms with Gasteiger partial charge < -0.3 is 24.8 Å². The van der Waals surface area contributed by atoms with E-state index in [1.807, 2.05) is 33.8 Å². The zero-order valence-electron chi connectivity index (χ0n) is 17.7. The molecular formula is C21H32N2O5. The fourth-order valence-corrected chi connectivity index (χ4v) is 3.35. The molecule has 0 heterocycles. The number of benzene rings is 1. The summed E-state index contributed by atoms with van der Waals surface area (Å²) in [5.41, 5.74) is 1.69. The van der Waals surface area contributed by atoms with Crippen molar-refractivity contribution in [2.45, 2.75) is 71.1 Å². The van der Waals surface area contributed by atoms with Crippen LogP contribution in [0.25, 0.3) is 0 Å². The second-order valence-corrected chi connectivity index (χ2v) is 8.18. The molecule has 0 aliphatic heterocycles. The number of hydrogen-bond acceptors (Lipinski definition) is 6. The van der Waals surface area contributed by atoms with Gasteiger partial charge in [-0.15, -0.1) is 0 Å². The monoisotopic (exact) mass is 392 g/mol. The van der Waals surface area contributed by atoms with Crippen molar-refractivity contribution < 1.29 is 23.8 Å². The van der Waals surface area contributed by atoms with Crippen LogP contribution in [0.3, 0.4) is 0 Å². The van der Waals surface area contributed by atoms with Gasteiger partial charge in [0.05, 0.1) is 19.8 Å². The lowest BCUT2D eigenvalue weighted by Crippen LogP contribution is -2.42.